The molecule has 0 fully saturated rings. The number of fused-ring (bicyclic) bond motifs is 1. The van der Waals surface area contributed by atoms with Gasteiger partial charge >= 0.3 is 71.1 Å². The predicted octanol–water partition coefficient (Wildman–Crippen LogP) is 2.50. The van der Waals surface area contributed by atoms with Crippen LogP contribution in [0.5, 0.6) is 0 Å². The van der Waals surface area contributed by atoms with Gasteiger partial charge in [0.2, 0.25) is 5.76 Å². The second-order valence-corrected chi connectivity index (χ2v) is 11.1. The molecule has 1 aromatic heterocycles. The van der Waals surface area contributed by atoms with E-state index in [1.54, 1.807) is 23.9 Å². The molecule has 0 saturated carbocycles. The molecule has 0 bridgehead atoms. The molecule has 2 N–H and O–H groups in total. The fourth-order valence-electron chi connectivity index (χ4n) is 4.56. The fraction of sp³-hybridized carbons (Fsp3) is 0.452. The van der Waals surface area contributed by atoms with Crippen LogP contribution in [0.15, 0.2) is 62.6 Å². The van der Waals surface area contributed by atoms with Gasteiger partial charge in [0, 0.05) is 22.6 Å². The van der Waals surface area contributed by atoms with Crippen LogP contribution in [-0.4, -0.2) is 22.2 Å². The molecule has 6 nitrogen and oxygen atoms in total. The molecule has 0 amide bonds. The van der Waals surface area contributed by atoms with E-state index in [1.807, 2.05) is 6.07 Å². The molecule has 0 aliphatic heterocycles. The second kappa shape index (κ2) is 20.0. The van der Waals surface area contributed by atoms with Gasteiger partial charge in [0.1, 0.15) is 5.58 Å². The van der Waals surface area contributed by atoms with Crippen molar-refractivity contribution in [2.24, 2.45) is 0 Å². The summed E-state index contributed by atoms with van der Waals surface area (Å²) in [5.74, 6) is -2.45. The van der Waals surface area contributed by atoms with Crippen LogP contribution in [0, 0.1) is 0 Å². The SMILES string of the molecule is CCCCCCCCCc1ccc(C(CCCCC(=O)O)Sc2ccc3c(=O)cc(C(=O)O)oc3c2)cc1.[H-].[H-].[Na+].[Na+]. The number of benzene rings is 2. The van der Waals surface area contributed by atoms with E-state index in [0.717, 1.165) is 35.8 Å². The molecule has 0 spiro atoms. The molecule has 2 aromatic carbocycles. The largest absolute Gasteiger partial charge is 1.00 e. The number of carboxylic acids is 2. The van der Waals surface area contributed by atoms with Gasteiger partial charge in [-0.05, 0) is 55.0 Å². The summed E-state index contributed by atoms with van der Waals surface area (Å²) in [6, 6.07) is 14.9. The van der Waals surface area contributed by atoms with Crippen molar-refractivity contribution in [1.29, 1.82) is 0 Å². The van der Waals surface area contributed by atoms with Gasteiger partial charge in [0.25, 0.3) is 0 Å². The van der Waals surface area contributed by atoms with E-state index >= 15 is 0 Å². The first-order valence-corrected chi connectivity index (χ1v) is 14.5. The molecule has 0 aliphatic carbocycles. The Morgan fingerprint density at radius 2 is 1.55 bits per heavy atom. The number of aryl methyl sites for hydroxylation is 1. The summed E-state index contributed by atoms with van der Waals surface area (Å²) in [7, 11) is 0. The van der Waals surface area contributed by atoms with Crippen molar-refractivity contribution in [1.82, 2.24) is 0 Å². The molecule has 208 valence electrons. The zero-order valence-corrected chi connectivity index (χ0v) is 28.9. The van der Waals surface area contributed by atoms with E-state index in [9.17, 15) is 19.5 Å². The average Bonchev–Trinajstić information content (AvgIpc) is 2.90. The molecule has 1 heterocycles. The Labute approximate surface area is 288 Å². The summed E-state index contributed by atoms with van der Waals surface area (Å²) in [6.45, 7) is 2.24. The van der Waals surface area contributed by atoms with Crippen LogP contribution in [0.4, 0.5) is 0 Å². The van der Waals surface area contributed by atoms with Crippen LogP contribution in [0.2, 0.25) is 0 Å². The zero-order valence-electron chi connectivity index (χ0n) is 26.1. The van der Waals surface area contributed by atoms with E-state index in [2.05, 4.69) is 31.2 Å². The number of carbonyl (C=O) groups is 2. The van der Waals surface area contributed by atoms with Crippen LogP contribution < -0.4 is 64.5 Å². The van der Waals surface area contributed by atoms with Gasteiger partial charge in [0.15, 0.2) is 5.43 Å². The average molecular weight is 587 g/mol. The summed E-state index contributed by atoms with van der Waals surface area (Å²) < 4.78 is 5.47. The number of hydrogen-bond donors (Lipinski definition) is 2. The van der Waals surface area contributed by atoms with Crippen LogP contribution in [0.1, 0.15) is 107 Å². The number of rotatable bonds is 17. The topological polar surface area (TPSA) is 105 Å². The predicted molar refractivity (Wildman–Crippen MR) is 155 cm³/mol. The van der Waals surface area contributed by atoms with Crippen LogP contribution in [0.3, 0.4) is 0 Å². The van der Waals surface area contributed by atoms with Crippen molar-refractivity contribution in [2.75, 3.05) is 0 Å². The van der Waals surface area contributed by atoms with Gasteiger partial charge in [-0.25, -0.2) is 4.79 Å². The number of aliphatic carboxylic acids is 1. The monoisotopic (exact) mass is 586 g/mol. The van der Waals surface area contributed by atoms with Crippen molar-refractivity contribution in [3.05, 3.63) is 75.6 Å². The molecule has 0 saturated heterocycles. The fourth-order valence-corrected chi connectivity index (χ4v) is 5.79. The maximum atomic E-state index is 12.3. The summed E-state index contributed by atoms with van der Waals surface area (Å²) in [5.41, 5.74) is 2.34. The maximum Gasteiger partial charge on any atom is 1.00 e. The summed E-state index contributed by atoms with van der Waals surface area (Å²) in [6.07, 6.45) is 12.4. The summed E-state index contributed by atoms with van der Waals surface area (Å²) >= 11 is 1.62. The van der Waals surface area contributed by atoms with Gasteiger partial charge in [0.05, 0.1) is 5.39 Å². The third-order valence-corrected chi connectivity index (χ3v) is 8.04. The molecule has 3 rings (SSSR count). The van der Waals surface area contributed by atoms with E-state index < -0.39 is 11.9 Å². The minimum absolute atomic E-state index is 0. The first-order chi connectivity index (χ1) is 18.4. The first kappa shape index (κ1) is 37.0. The summed E-state index contributed by atoms with van der Waals surface area (Å²) in [4.78, 5) is 35.4. The van der Waals surface area contributed by atoms with Crippen molar-refractivity contribution in [3.8, 4) is 0 Å². The smallest absolute Gasteiger partial charge is 1.00 e. The number of unbranched alkanes of at least 4 members (excludes halogenated alkanes) is 7. The number of aromatic carboxylic acids is 1. The maximum absolute atomic E-state index is 12.3. The summed E-state index contributed by atoms with van der Waals surface area (Å²) in [5, 5.41) is 18.7. The molecule has 1 atom stereocenters. The number of thioether (sulfide) groups is 1. The number of hydrogen-bond acceptors (Lipinski definition) is 5. The molecule has 3 aromatic rings. The van der Waals surface area contributed by atoms with Crippen molar-refractivity contribution in [2.45, 2.75) is 94.1 Å². The standard InChI is InChI=1S/C31H38O6S.2Na.2H/c1-2-3-4-5-6-7-8-11-22-14-16-23(17-15-22)29(12-9-10-13-30(33)34)38-24-18-19-25-26(32)21-28(31(35)36)37-27(25)20-24;;;;/h14-21,29H,2-13H2,1H3,(H,33,34)(H,35,36);;;;/q;2*+1;2*-1. The minimum atomic E-state index is -1.28. The molecule has 0 radical (unpaired) electrons. The Kier molecular flexibility index (Phi) is 18.4. The van der Waals surface area contributed by atoms with E-state index in [1.165, 1.54) is 50.5 Å². The quantitative estimate of drug-likeness (QED) is 0.142. The third kappa shape index (κ3) is 12.4. The van der Waals surface area contributed by atoms with Crippen LogP contribution in [-0.2, 0) is 11.2 Å². The molecule has 9 heteroatoms. The third-order valence-electron chi connectivity index (χ3n) is 6.72. The number of carboxylic acid groups (broad SMARTS) is 2. The molecule has 1 unspecified atom stereocenters. The Morgan fingerprint density at radius 3 is 2.20 bits per heavy atom. The Bertz CT molecular complexity index is 1270. The molecular weight excluding hydrogens is 546 g/mol. The zero-order chi connectivity index (χ0) is 27.3. The first-order valence-electron chi connectivity index (χ1n) is 13.7. The molecule has 0 aliphatic rings. The van der Waals surface area contributed by atoms with Crippen LogP contribution >= 0.6 is 11.8 Å². The van der Waals surface area contributed by atoms with Crippen molar-refractivity contribution in [3.63, 3.8) is 0 Å². The van der Waals surface area contributed by atoms with Crippen molar-refractivity contribution < 1.29 is 86.2 Å². The van der Waals surface area contributed by atoms with Gasteiger partial charge < -0.3 is 17.5 Å². The minimum Gasteiger partial charge on any atom is -1.00 e. The van der Waals surface area contributed by atoms with Gasteiger partial charge in [-0.15, -0.1) is 11.8 Å². The van der Waals surface area contributed by atoms with Crippen LogP contribution in [0.25, 0.3) is 11.0 Å². The Hall–Kier alpha value is -1.06. The molecule has 40 heavy (non-hydrogen) atoms. The van der Waals surface area contributed by atoms with E-state index in [4.69, 9.17) is 9.52 Å². The van der Waals surface area contributed by atoms with E-state index in [-0.39, 0.29) is 90.4 Å². The van der Waals surface area contributed by atoms with Crippen molar-refractivity contribution >= 4 is 34.7 Å². The Balaban J connectivity index is 0. The van der Waals surface area contributed by atoms with Gasteiger partial charge in [-0.3, -0.25) is 9.59 Å². The normalized spacial score (nSPS) is 11.4. The second-order valence-electron chi connectivity index (χ2n) is 9.80. The van der Waals surface area contributed by atoms with E-state index in [0.29, 0.717) is 11.8 Å². The van der Waals surface area contributed by atoms with Gasteiger partial charge in [-0.2, -0.15) is 0 Å². The van der Waals surface area contributed by atoms with Gasteiger partial charge in [-0.1, -0.05) is 76.1 Å². The Morgan fingerprint density at radius 1 is 0.875 bits per heavy atom. The molecular formula is C31H40Na2O6S.